The first kappa shape index (κ1) is 36.0. The lowest BCUT2D eigenvalue weighted by atomic mass is 10.1. The Morgan fingerprint density at radius 1 is 0.755 bits per heavy atom. The van der Waals surface area contributed by atoms with Gasteiger partial charge < -0.3 is 20.6 Å². The number of hydrogen-bond acceptors (Lipinski definition) is 8. The molecule has 0 saturated carbocycles. The molecule has 0 amide bonds. The van der Waals surface area contributed by atoms with Crippen molar-refractivity contribution in [1.82, 2.24) is 25.0 Å². The Morgan fingerprint density at radius 3 is 1.61 bits per heavy atom. The van der Waals surface area contributed by atoms with Gasteiger partial charge >= 0.3 is 5.97 Å². The lowest BCUT2D eigenvalue weighted by Gasteiger charge is -2.08. The van der Waals surface area contributed by atoms with Gasteiger partial charge in [-0.3, -0.25) is 19.6 Å². The molecule has 5 aromatic rings. The normalized spacial score (nSPS) is 11.0. The number of aromatic hydroxyl groups is 2. The molecular weight excluding hydrogens is 643 g/mol. The lowest BCUT2D eigenvalue weighted by Crippen LogP contribution is -2.25. The molecule has 49 heavy (non-hydrogen) atoms. The van der Waals surface area contributed by atoms with E-state index < -0.39 is 5.97 Å². The first-order valence-corrected chi connectivity index (χ1v) is 15.9. The summed E-state index contributed by atoms with van der Waals surface area (Å²) in [6.07, 6.45) is 1.91. The quantitative estimate of drug-likeness (QED) is 0.0514. The van der Waals surface area contributed by atoms with Gasteiger partial charge in [-0.15, -0.1) is 0 Å². The van der Waals surface area contributed by atoms with Crippen LogP contribution in [0.2, 0.25) is 0 Å². The number of carboxylic acid groups (broad SMARTS) is 1. The highest BCUT2D eigenvalue weighted by Crippen LogP contribution is 2.33. The first-order valence-electron chi connectivity index (χ1n) is 15.5. The molecule has 0 spiro atoms. The molecule has 0 unspecified atom stereocenters. The second-order valence-electron chi connectivity index (χ2n) is 11.1. The molecule has 0 fully saturated rings. The monoisotopic (exact) mass is 681 g/mol. The summed E-state index contributed by atoms with van der Waals surface area (Å²) in [4.78, 5) is 22.2. The van der Waals surface area contributed by atoms with Crippen LogP contribution >= 0.6 is 12.2 Å². The fourth-order valence-electron chi connectivity index (χ4n) is 4.99. The largest absolute Gasteiger partial charge is 0.504 e. The SMILES string of the molecule is CCc1ccc(-c2c(O)c(C(C)=NNC(=S)Nc3ccc(C(=O)O)cc3)nn2C)cc1.CCc1ccc(-c2c(O)c(C(C)=O)nn2C)cc1. The number of hydrogen-bond donors (Lipinski definition) is 5. The molecule has 2 aromatic heterocycles. The Morgan fingerprint density at radius 2 is 1.20 bits per heavy atom. The third-order valence-electron chi connectivity index (χ3n) is 7.71. The number of benzene rings is 3. The average Bonchev–Trinajstić information content (AvgIpc) is 3.57. The highest BCUT2D eigenvalue weighted by Gasteiger charge is 2.20. The molecule has 12 nitrogen and oxygen atoms in total. The van der Waals surface area contributed by atoms with Gasteiger partial charge in [0, 0.05) is 37.8 Å². The number of aromatic carboxylic acids is 1. The number of Topliss-reactive ketones (excluding diaryl/α,β-unsaturated/α-hetero) is 1. The molecule has 0 bridgehead atoms. The van der Waals surface area contributed by atoms with E-state index in [2.05, 4.69) is 39.9 Å². The number of carbonyl (C=O) groups excluding carboxylic acids is 1. The molecule has 3 aromatic carbocycles. The molecule has 13 heteroatoms. The van der Waals surface area contributed by atoms with Crippen molar-refractivity contribution >= 4 is 40.5 Å². The molecule has 0 aliphatic heterocycles. The second kappa shape index (κ2) is 15.8. The third kappa shape index (κ3) is 8.56. The van der Waals surface area contributed by atoms with Crippen LogP contribution in [-0.2, 0) is 26.9 Å². The van der Waals surface area contributed by atoms with E-state index in [4.69, 9.17) is 17.3 Å². The van der Waals surface area contributed by atoms with Crippen LogP contribution in [0.5, 0.6) is 11.5 Å². The minimum Gasteiger partial charge on any atom is -0.504 e. The zero-order valence-corrected chi connectivity index (χ0v) is 29.0. The number of ketones is 1. The standard InChI is InChI=1S/C22H23N5O3S.C14H16N2O2/c1-4-14-5-7-15(8-6-14)19-20(28)18(26-27(19)3)13(2)24-25-22(31)23-17-11-9-16(10-12-17)21(29)30;1-4-10-5-7-11(8-6-10)13-14(18)12(9(2)17)15-16(13)3/h5-12,28H,4H2,1-3H3,(H,29,30)(H2,23,25,31);5-8,18H,4H2,1-3H3. The molecular formula is C36H39N7O5S. The predicted octanol–water partition coefficient (Wildman–Crippen LogP) is 6.32. The Kier molecular flexibility index (Phi) is 11.7. The van der Waals surface area contributed by atoms with Gasteiger partial charge in [0.15, 0.2) is 33.8 Å². The third-order valence-corrected chi connectivity index (χ3v) is 7.90. The Bertz CT molecular complexity index is 2000. The number of nitrogens with zero attached hydrogens (tertiary/aromatic N) is 5. The molecule has 0 atom stereocenters. The van der Waals surface area contributed by atoms with E-state index in [9.17, 15) is 19.8 Å². The molecule has 5 N–H and O–H groups in total. The number of anilines is 1. The fourth-order valence-corrected chi connectivity index (χ4v) is 5.16. The maximum absolute atomic E-state index is 11.3. The molecule has 0 radical (unpaired) electrons. The number of aromatic nitrogens is 4. The molecule has 0 aliphatic rings. The van der Waals surface area contributed by atoms with Crippen LogP contribution in [0.15, 0.2) is 77.9 Å². The molecule has 0 saturated heterocycles. The number of aryl methyl sites for hydroxylation is 4. The minimum absolute atomic E-state index is 0.0398. The zero-order chi connectivity index (χ0) is 35.8. The number of carboxylic acids is 1. The number of carbonyl (C=O) groups is 2. The Labute approximate surface area is 289 Å². The van der Waals surface area contributed by atoms with E-state index in [1.165, 1.54) is 34.9 Å². The summed E-state index contributed by atoms with van der Waals surface area (Å²) in [5.74, 6) is -1.24. The first-order chi connectivity index (χ1) is 23.3. The summed E-state index contributed by atoms with van der Waals surface area (Å²) < 4.78 is 3.15. The smallest absolute Gasteiger partial charge is 0.335 e. The van der Waals surface area contributed by atoms with E-state index in [0.717, 1.165) is 24.0 Å². The van der Waals surface area contributed by atoms with Crippen molar-refractivity contribution in [2.45, 2.75) is 40.5 Å². The summed E-state index contributed by atoms with van der Waals surface area (Å²) in [5.41, 5.74) is 9.76. The van der Waals surface area contributed by atoms with Crippen molar-refractivity contribution < 1.29 is 24.9 Å². The summed E-state index contributed by atoms with van der Waals surface area (Å²) in [7, 11) is 3.48. The van der Waals surface area contributed by atoms with Gasteiger partial charge in [0.1, 0.15) is 11.4 Å². The second-order valence-corrected chi connectivity index (χ2v) is 11.5. The minimum atomic E-state index is -0.997. The van der Waals surface area contributed by atoms with E-state index in [1.807, 2.05) is 48.5 Å². The van der Waals surface area contributed by atoms with Crippen LogP contribution in [0.3, 0.4) is 0 Å². The van der Waals surface area contributed by atoms with Crippen LogP contribution in [-0.4, -0.2) is 57.5 Å². The summed E-state index contributed by atoms with van der Waals surface area (Å²) in [5, 5.41) is 45.5. The van der Waals surface area contributed by atoms with Crippen molar-refractivity contribution in [2.75, 3.05) is 5.32 Å². The summed E-state index contributed by atoms with van der Waals surface area (Å²) in [6.45, 7) is 7.28. The molecule has 5 rings (SSSR count). The number of thiocarbonyl (C=S) groups is 1. The Balaban J connectivity index is 0.000000254. The van der Waals surface area contributed by atoms with E-state index in [1.54, 1.807) is 37.8 Å². The van der Waals surface area contributed by atoms with E-state index in [0.29, 0.717) is 28.5 Å². The van der Waals surface area contributed by atoms with Crippen LogP contribution in [0, 0.1) is 0 Å². The van der Waals surface area contributed by atoms with Gasteiger partial charge in [-0.1, -0.05) is 62.4 Å². The molecule has 2 heterocycles. The van der Waals surface area contributed by atoms with Crippen molar-refractivity contribution in [2.24, 2.45) is 19.2 Å². The molecule has 254 valence electrons. The van der Waals surface area contributed by atoms with Crippen molar-refractivity contribution in [1.29, 1.82) is 0 Å². The van der Waals surface area contributed by atoms with Crippen LogP contribution in [0.25, 0.3) is 22.5 Å². The number of nitrogens with one attached hydrogen (secondary N) is 2. The maximum atomic E-state index is 11.3. The van der Waals surface area contributed by atoms with Gasteiger partial charge in [-0.2, -0.15) is 15.3 Å². The van der Waals surface area contributed by atoms with Gasteiger partial charge in [-0.05, 0) is 67.4 Å². The topological polar surface area (TPSA) is 167 Å². The number of rotatable bonds is 9. The highest BCUT2D eigenvalue weighted by molar-refractivity contribution is 7.80. The Hall–Kier alpha value is -5.82. The van der Waals surface area contributed by atoms with Crippen LogP contribution in [0.1, 0.15) is 65.4 Å². The fraction of sp³-hybridized carbons (Fsp3) is 0.222. The van der Waals surface area contributed by atoms with Crippen LogP contribution < -0.4 is 10.7 Å². The van der Waals surface area contributed by atoms with E-state index in [-0.39, 0.29) is 33.7 Å². The van der Waals surface area contributed by atoms with Crippen molar-refractivity contribution in [3.63, 3.8) is 0 Å². The van der Waals surface area contributed by atoms with E-state index >= 15 is 0 Å². The van der Waals surface area contributed by atoms with Gasteiger partial charge in [-0.25, -0.2) is 4.79 Å². The van der Waals surface area contributed by atoms with Crippen LogP contribution in [0.4, 0.5) is 5.69 Å². The van der Waals surface area contributed by atoms with Gasteiger partial charge in [0.25, 0.3) is 0 Å². The zero-order valence-electron chi connectivity index (χ0n) is 28.1. The summed E-state index contributed by atoms with van der Waals surface area (Å²) >= 11 is 5.22. The molecule has 0 aliphatic carbocycles. The highest BCUT2D eigenvalue weighted by atomic mass is 32.1. The van der Waals surface area contributed by atoms with Gasteiger partial charge in [0.05, 0.1) is 11.3 Å². The van der Waals surface area contributed by atoms with Crippen molar-refractivity contribution in [3.8, 4) is 34.0 Å². The predicted molar refractivity (Wildman–Crippen MR) is 194 cm³/mol. The lowest BCUT2D eigenvalue weighted by molar-refractivity contribution is 0.0696. The summed E-state index contributed by atoms with van der Waals surface area (Å²) in [6, 6.07) is 22.0. The van der Waals surface area contributed by atoms with Crippen molar-refractivity contribution in [3.05, 3.63) is 101 Å². The number of hydrazone groups is 1. The average molecular weight is 682 g/mol. The maximum Gasteiger partial charge on any atom is 0.335 e. The van der Waals surface area contributed by atoms with Gasteiger partial charge in [0.2, 0.25) is 0 Å².